The normalized spacial score (nSPS) is 10.7. The lowest BCUT2D eigenvalue weighted by atomic mass is 10.2. The number of hydrogen-bond donors (Lipinski definition) is 2. The average Bonchev–Trinajstić information content (AvgIpc) is 2.53. The van der Waals surface area contributed by atoms with E-state index >= 15 is 0 Å². The van der Waals surface area contributed by atoms with Crippen molar-refractivity contribution < 1.29 is 10.0 Å². The first-order valence-electron chi connectivity index (χ1n) is 6.41. The van der Waals surface area contributed by atoms with Gasteiger partial charge in [-0.3, -0.25) is 19.8 Å². The molecule has 2 aromatic heterocycles. The summed E-state index contributed by atoms with van der Waals surface area (Å²) in [6.07, 6.45) is 8.32. The molecule has 0 aromatic carbocycles. The Morgan fingerprint density at radius 3 is 2.81 bits per heavy atom. The third kappa shape index (κ3) is 4.12. The summed E-state index contributed by atoms with van der Waals surface area (Å²) < 4.78 is 1.58. The van der Waals surface area contributed by atoms with Gasteiger partial charge in [0.05, 0.1) is 0 Å². The predicted octanol–water partition coefficient (Wildman–Crippen LogP) is 1.00. The second-order valence-electron chi connectivity index (χ2n) is 4.38. The van der Waals surface area contributed by atoms with Crippen molar-refractivity contribution in [2.75, 3.05) is 0 Å². The zero-order valence-electron chi connectivity index (χ0n) is 11.3. The Kier molecular flexibility index (Phi) is 5.00. The van der Waals surface area contributed by atoms with Gasteiger partial charge in [-0.2, -0.15) is 0 Å². The molecule has 0 saturated carbocycles. The van der Waals surface area contributed by atoms with Gasteiger partial charge in [-0.05, 0) is 42.3 Å². The van der Waals surface area contributed by atoms with Crippen LogP contribution in [0.3, 0.4) is 0 Å². The van der Waals surface area contributed by atoms with E-state index in [9.17, 15) is 9.59 Å². The van der Waals surface area contributed by atoms with E-state index in [1.54, 1.807) is 35.3 Å². The van der Waals surface area contributed by atoms with Gasteiger partial charge in [0.1, 0.15) is 0 Å². The maximum absolute atomic E-state index is 12.2. The second-order valence-corrected chi connectivity index (χ2v) is 4.38. The maximum Gasteiger partial charge on any atom is 0.267 e. The van der Waals surface area contributed by atoms with Gasteiger partial charge in [-0.15, -0.1) is 0 Å². The summed E-state index contributed by atoms with van der Waals surface area (Å²) in [5.41, 5.74) is 2.77. The lowest BCUT2D eigenvalue weighted by molar-refractivity contribution is -0.124. The molecule has 1 amide bonds. The van der Waals surface area contributed by atoms with E-state index in [1.165, 1.54) is 11.6 Å². The minimum absolute atomic E-state index is 0.187. The fourth-order valence-corrected chi connectivity index (χ4v) is 1.86. The van der Waals surface area contributed by atoms with Crippen molar-refractivity contribution in [3.8, 4) is 0 Å². The Bertz CT molecular complexity index is 693. The van der Waals surface area contributed by atoms with E-state index < -0.39 is 5.91 Å². The van der Waals surface area contributed by atoms with Crippen LogP contribution in [0.4, 0.5) is 0 Å². The Hall–Kier alpha value is -2.73. The first-order valence-corrected chi connectivity index (χ1v) is 6.41. The molecule has 2 heterocycles. The third-order valence-electron chi connectivity index (χ3n) is 2.96. The lowest BCUT2D eigenvalue weighted by Crippen LogP contribution is -2.22. The van der Waals surface area contributed by atoms with E-state index in [2.05, 4.69) is 4.98 Å². The number of pyridine rings is 2. The van der Waals surface area contributed by atoms with Crippen LogP contribution in [0.1, 0.15) is 11.1 Å². The fraction of sp³-hybridized carbons (Fsp3) is 0.133. The predicted molar refractivity (Wildman–Crippen MR) is 77.6 cm³/mol. The van der Waals surface area contributed by atoms with E-state index in [-0.39, 0.29) is 5.56 Å². The molecule has 0 aliphatic heterocycles. The molecule has 0 atom stereocenters. The molecule has 2 N–H and O–H groups in total. The average molecular weight is 285 g/mol. The summed E-state index contributed by atoms with van der Waals surface area (Å²) in [5.74, 6) is -0.679. The highest BCUT2D eigenvalue weighted by Gasteiger charge is 2.01. The molecule has 21 heavy (non-hydrogen) atoms. The number of hydrogen-bond acceptors (Lipinski definition) is 4. The number of nitrogens with one attached hydrogen (secondary N) is 1. The van der Waals surface area contributed by atoms with Crippen molar-refractivity contribution in [3.05, 3.63) is 70.4 Å². The number of carbonyl (C=O) groups excluding carboxylic acids is 1. The Morgan fingerprint density at radius 2 is 2.10 bits per heavy atom. The molecule has 0 aliphatic carbocycles. The summed E-state index contributed by atoms with van der Waals surface area (Å²) in [6, 6.07) is 7.16. The largest absolute Gasteiger partial charge is 0.315 e. The molecule has 0 saturated heterocycles. The number of amides is 1. The molecule has 2 aromatic rings. The smallest absolute Gasteiger partial charge is 0.267 e. The molecule has 6 nitrogen and oxygen atoms in total. The number of nitrogens with zero attached hydrogens (tertiary/aromatic N) is 2. The van der Waals surface area contributed by atoms with Crippen molar-refractivity contribution >= 4 is 12.0 Å². The van der Waals surface area contributed by atoms with Crippen LogP contribution in [0.15, 0.2) is 53.7 Å². The molecule has 0 bridgehead atoms. The molecule has 6 heteroatoms. The zero-order chi connectivity index (χ0) is 15.1. The lowest BCUT2D eigenvalue weighted by Gasteiger charge is -2.06. The molecule has 0 radical (unpaired) electrons. The summed E-state index contributed by atoms with van der Waals surface area (Å²) in [5, 5.41) is 8.41. The van der Waals surface area contributed by atoms with Gasteiger partial charge in [0.2, 0.25) is 0 Å². The van der Waals surface area contributed by atoms with Crippen LogP contribution < -0.4 is 11.0 Å². The zero-order valence-corrected chi connectivity index (χ0v) is 11.3. The summed E-state index contributed by atoms with van der Waals surface area (Å²) >= 11 is 0. The van der Waals surface area contributed by atoms with Crippen LogP contribution in [-0.4, -0.2) is 20.7 Å². The SMILES string of the molecule is O=C(/C=C/c1cccn(CCc2ccncc2)c1=O)NO. The standard InChI is InChI=1S/C15H15N3O3/c19-14(17-21)4-3-13-2-1-10-18(15(13)20)11-7-12-5-8-16-9-6-12/h1-6,8-10,21H,7,11H2,(H,17,19)/b4-3+. The van der Waals surface area contributed by atoms with E-state index in [4.69, 9.17) is 5.21 Å². The Balaban J connectivity index is 2.13. The number of carbonyl (C=O) groups is 1. The quantitative estimate of drug-likeness (QED) is 0.488. The topological polar surface area (TPSA) is 84.2 Å². The molecule has 2 rings (SSSR count). The van der Waals surface area contributed by atoms with E-state index in [0.29, 0.717) is 18.5 Å². The highest BCUT2D eigenvalue weighted by Crippen LogP contribution is 2.01. The van der Waals surface area contributed by atoms with Crippen LogP contribution in [0.2, 0.25) is 0 Å². The Morgan fingerprint density at radius 1 is 1.33 bits per heavy atom. The minimum Gasteiger partial charge on any atom is -0.315 e. The summed E-state index contributed by atoms with van der Waals surface area (Å²) in [7, 11) is 0. The molecule has 0 spiro atoms. The van der Waals surface area contributed by atoms with Crippen LogP contribution >= 0.6 is 0 Å². The van der Waals surface area contributed by atoms with Crippen LogP contribution in [-0.2, 0) is 17.8 Å². The second kappa shape index (κ2) is 7.16. The van der Waals surface area contributed by atoms with Gasteiger partial charge in [-0.1, -0.05) is 0 Å². The molecule has 0 aliphatic rings. The maximum atomic E-state index is 12.2. The van der Waals surface area contributed by atoms with E-state index in [1.807, 2.05) is 12.1 Å². The first kappa shape index (κ1) is 14.7. The van der Waals surface area contributed by atoms with Crippen molar-refractivity contribution in [3.63, 3.8) is 0 Å². The summed E-state index contributed by atoms with van der Waals surface area (Å²) in [4.78, 5) is 27.1. The van der Waals surface area contributed by atoms with Gasteiger partial charge in [0.15, 0.2) is 0 Å². The van der Waals surface area contributed by atoms with Crippen molar-refractivity contribution in [2.24, 2.45) is 0 Å². The molecular formula is C15H15N3O3. The molecule has 0 fully saturated rings. The van der Waals surface area contributed by atoms with Gasteiger partial charge < -0.3 is 4.57 Å². The van der Waals surface area contributed by atoms with Gasteiger partial charge >= 0.3 is 0 Å². The number of aromatic nitrogens is 2. The van der Waals surface area contributed by atoms with Gasteiger partial charge in [0, 0.05) is 36.8 Å². The van der Waals surface area contributed by atoms with Crippen LogP contribution in [0, 0.1) is 0 Å². The van der Waals surface area contributed by atoms with Crippen molar-refractivity contribution in [1.29, 1.82) is 0 Å². The van der Waals surface area contributed by atoms with Crippen LogP contribution in [0.5, 0.6) is 0 Å². The Labute approximate surface area is 121 Å². The number of aryl methyl sites for hydroxylation is 2. The van der Waals surface area contributed by atoms with Crippen LogP contribution in [0.25, 0.3) is 6.08 Å². The third-order valence-corrected chi connectivity index (χ3v) is 2.96. The van der Waals surface area contributed by atoms with Crippen molar-refractivity contribution in [1.82, 2.24) is 15.0 Å². The number of rotatable bonds is 5. The van der Waals surface area contributed by atoms with Gasteiger partial charge in [-0.25, -0.2) is 5.48 Å². The fourth-order valence-electron chi connectivity index (χ4n) is 1.86. The number of hydroxylamine groups is 1. The van der Waals surface area contributed by atoms with E-state index in [0.717, 1.165) is 11.6 Å². The van der Waals surface area contributed by atoms with Crippen molar-refractivity contribution in [2.45, 2.75) is 13.0 Å². The molecular weight excluding hydrogens is 270 g/mol. The minimum atomic E-state index is -0.679. The van der Waals surface area contributed by atoms with Gasteiger partial charge in [0.25, 0.3) is 11.5 Å². The highest BCUT2D eigenvalue weighted by atomic mass is 16.5. The molecule has 108 valence electrons. The molecule has 0 unspecified atom stereocenters. The summed E-state index contributed by atoms with van der Waals surface area (Å²) in [6.45, 7) is 0.538. The monoisotopic (exact) mass is 285 g/mol. The highest BCUT2D eigenvalue weighted by molar-refractivity contribution is 5.90. The first-order chi connectivity index (χ1) is 10.2.